The summed E-state index contributed by atoms with van der Waals surface area (Å²) in [6.07, 6.45) is -3.66. The van der Waals surface area contributed by atoms with E-state index in [1.54, 1.807) is 30.3 Å². The zero-order valence-electron chi connectivity index (χ0n) is 19.0. The number of amides is 1. The Kier molecular flexibility index (Phi) is 7.65. The van der Waals surface area contributed by atoms with E-state index in [9.17, 15) is 34.8 Å². The molecule has 3 aromatic rings. The van der Waals surface area contributed by atoms with Crippen LogP contribution in [0.2, 0.25) is 0 Å². The summed E-state index contributed by atoms with van der Waals surface area (Å²) in [5, 5.41) is 2.53. The van der Waals surface area contributed by atoms with Gasteiger partial charge in [-0.15, -0.1) is 0 Å². The molecule has 13 heteroatoms. The van der Waals surface area contributed by atoms with Crippen molar-refractivity contribution in [1.29, 1.82) is 0 Å². The molecule has 0 saturated heterocycles. The third-order valence-electron chi connectivity index (χ3n) is 4.97. The first-order chi connectivity index (χ1) is 16.7. The van der Waals surface area contributed by atoms with Crippen molar-refractivity contribution >= 4 is 43.0 Å². The Morgan fingerprint density at radius 2 is 1.47 bits per heavy atom. The van der Waals surface area contributed by atoms with Gasteiger partial charge < -0.3 is 5.32 Å². The van der Waals surface area contributed by atoms with Crippen molar-refractivity contribution in [2.75, 3.05) is 20.6 Å². The molecule has 0 fully saturated rings. The zero-order valence-corrected chi connectivity index (χ0v) is 20.7. The number of halogens is 3. The minimum Gasteiger partial charge on any atom is -0.324 e. The van der Waals surface area contributed by atoms with Gasteiger partial charge in [0.05, 0.1) is 22.4 Å². The van der Waals surface area contributed by atoms with Crippen LogP contribution in [0.4, 0.5) is 30.2 Å². The number of hydrogen-bond donors (Lipinski definition) is 2. The second kappa shape index (κ2) is 10.2. The molecule has 2 N–H and O–H groups in total. The molecule has 0 saturated carbocycles. The van der Waals surface area contributed by atoms with Crippen molar-refractivity contribution in [3.8, 4) is 0 Å². The van der Waals surface area contributed by atoms with E-state index in [-0.39, 0.29) is 16.3 Å². The summed E-state index contributed by atoms with van der Waals surface area (Å²) >= 11 is 0. The predicted molar refractivity (Wildman–Crippen MR) is 131 cm³/mol. The van der Waals surface area contributed by atoms with Crippen molar-refractivity contribution in [3.63, 3.8) is 0 Å². The molecule has 3 aromatic carbocycles. The maximum atomic E-state index is 12.9. The number of anilines is 3. The molecule has 192 valence electrons. The maximum absolute atomic E-state index is 12.9. The van der Waals surface area contributed by atoms with Gasteiger partial charge in [0.25, 0.3) is 10.0 Å². The molecule has 0 aromatic heterocycles. The summed E-state index contributed by atoms with van der Waals surface area (Å²) in [4.78, 5) is 12.5. The highest BCUT2D eigenvalue weighted by Gasteiger charge is 2.31. The predicted octanol–water partition coefficient (Wildman–Crippen LogP) is 4.30. The van der Waals surface area contributed by atoms with E-state index >= 15 is 0 Å². The largest absolute Gasteiger partial charge is 0.416 e. The monoisotopic (exact) mass is 541 g/mol. The number of carbonyl (C=O) groups excluding carboxylic acids is 1. The molecular formula is C23H22F3N3O5S2. The molecule has 36 heavy (non-hydrogen) atoms. The smallest absolute Gasteiger partial charge is 0.324 e. The molecule has 0 aliphatic rings. The summed E-state index contributed by atoms with van der Waals surface area (Å²) in [6.45, 7) is 1.40. The summed E-state index contributed by atoms with van der Waals surface area (Å²) in [5.41, 5.74) is -0.789. The molecular weight excluding hydrogens is 519 g/mol. The Morgan fingerprint density at radius 3 is 2.03 bits per heavy atom. The van der Waals surface area contributed by atoms with Crippen LogP contribution in [0.3, 0.4) is 0 Å². The highest BCUT2D eigenvalue weighted by molar-refractivity contribution is 7.92. The SMILES string of the molecule is CC(C(=O)Nc1ccc(S(=O)(=O)Nc2cccc(C(F)(F)F)c2)cc1)N(c1ccccc1)S(C)(=O)=O. The normalized spacial score (nSPS) is 13.0. The van der Waals surface area contributed by atoms with Crippen molar-refractivity contribution in [1.82, 2.24) is 0 Å². The minimum absolute atomic E-state index is 0.186. The van der Waals surface area contributed by atoms with E-state index in [0.717, 1.165) is 34.8 Å². The van der Waals surface area contributed by atoms with E-state index in [4.69, 9.17) is 0 Å². The summed E-state index contributed by atoms with van der Waals surface area (Å²) in [5.74, 6) is -0.665. The molecule has 8 nitrogen and oxygen atoms in total. The number of rotatable bonds is 8. The van der Waals surface area contributed by atoms with E-state index < -0.39 is 43.7 Å². The zero-order chi connectivity index (χ0) is 26.7. The molecule has 1 unspecified atom stereocenters. The van der Waals surface area contributed by atoms with Gasteiger partial charge in [-0.3, -0.25) is 13.8 Å². The van der Waals surface area contributed by atoms with Gasteiger partial charge in [0, 0.05) is 11.4 Å². The first-order valence-corrected chi connectivity index (χ1v) is 13.7. The quantitative estimate of drug-likeness (QED) is 0.442. The topological polar surface area (TPSA) is 113 Å². The lowest BCUT2D eigenvalue weighted by Gasteiger charge is -2.28. The second-order valence-electron chi connectivity index (χ2n) is 7.77. The number of para-hydroxylation sites is 1. The fraction of sp³-hybridized carbons (Fsp3) is 0.174. The van der Waals surface area contributed by atoms with Gasteiger partial charge in [0.15, 0.2) is 0 Å². The maximum Gasteiger partial charge on any atom is 0.416 e. The molecule has 0 aliphatic heterocycles. The first kappa shape index (κ1) is 27.0. The van der Waals surface area contributed by atoms with Crippen LogP contribution in [0.5, 0.6) is 0 Å². The Balaban J connectivity index is 1.75. The molecule has 1 atom stereocenters. The molecule has 0 aliphatic carbocycles. The van der Waals surface area contributed by atoms with Gasteiger partial charge >= 0.3 is 6.18 Å². The Labute approximate surface area is 206 Å². The molecule has 0 spiro atoms. The summed E-state index contributed by atoms with van der Waals surface area (Å²) in [6, 6.07) is 15.5. The summed E-state index contributed by atoms with van der Waals surface area (Å²) in [7, 11) is -8.03. The van der Waals surface area contributed by atoms with Crippen molar-refractivity contribution in [2.45, 2.75) is 24.0 Å². The van der Waals surface area contributed by atoms with Crippen LogP contribution in [-0.4, -0.2) is 35.0 Å². The number of hydrogen-bond acceptors (Lipinski definition) is 5. The Bertz CT molecular complexity index is 1440. The van der Waals surface area contributed by atoms with E-state index in [0.29, 0.717) is 11.8 Å². The van der Waals surface area contributed by atoms with Crippen LogP contribution in [0, 0.1) is 0 Å². The van der Waals surface area contributed by atoms with Gasteiger partial charge in [0.1, 0.15) is 6.04 Å². The van der Waals surface area contributed by atoms with Crippen LogP contribution >= 0.6 is 0 Å². The van der Waals surface area contributed by atoms with E-state index in [1.807, 2.05) is 0 Å². The fourth-order valence-corrected chi connectivity index (χ4v) is 5.55. The fourth-order valence-electron chi connectivity index (χ4n) is 3.32. The average Bonchev–Trinajstić information content (AvgIpc) is 2.78. The number of nitrogens with one attached hydrogen (secondary N) is 2. The average molecular weight is 542 g/mol. The number of carbonyl (C=O) groups is 1. The molecule has 3 rings (SSSR count). The standard InChI is InChI=1S/C23H22F3N3O5S2/c1-16(29(35(2,31)32)20-9-4-3-5-10-20)22(30)27-18-11-13-21(14-12-18)36(33,34)28-19-8-6-7-17(15-19)23(24,25)26/h3-16,28H,1-2H3,(H,27,30). The number of alkyl halides is 3. The number of nitrogens with zero attached hydrogens (tertiary/aromatic N) is 1. The Hall–Kier alpha value is -3.58. The van der Waals surface area contributed by atoms with Crippen LogP contribution < -0.4 is 14.3 Å². The van der Waals surface area contributed by atoms with Gasteiger partial charge in [-0.25, -0.2) is 16.8 Å². The van der Waals surface area contributed by atoms with E-state index in [1.165, 1.54) is 25.1 Å². The second-order valence-corrected chi connectivity index (χ2v) is 11.3. The summed E-state index contributed by atoms with van der Waals surface area (Å²) < 4.78 is 91.6. The highest BCUT2D eigenvalue weighted by atomic mass is 32.2. The van der Waals surface area contributed by atoms with Crippen LogP contribution in [0.1, 0.15) is 12.5 Å². The van der Waals surface area contributed by atoms with Crippen LogP contribution in [0.25, 0.3) is 0 Å². The number of benzene rings is 3. The van der Waals surface area contributed by atoms with Crippen LogP contribution in [-0.2, 0) is 31.0 Å². The molecule has 0 bridgehead atoms. The van der Waals surface area contributed by atoms with Gasteiger partial charge in [0.2, 0.25) is 15.9 Å². The van der Waals surface area contributed by atoms with E-state index in [2.05, 4.69) is 10.0 Å². The van der Waals surface area contributed by atoms with Gasteiger partial charge in [-0.2, -0.15) is 13.2 Å². The van der Waals surface area contributed by atoms with Crippen molar-refractivity contribution in [3.05, 3.63) is 84.4 Å². The highest BCUT2D eigenvalue weighted by Crippen LogP contribution is 2.31. The van der Waals surface area contributed by atoms with Gasteiger partial charge in [-0.05, 0) is 61.5 Å². The lowest BCUT2D eigenvalue weighted by molar-refractivity contribution is -0.137. The molecule has 1 amide bonds. The lowest BCUT2D eigenvalue weighted by atomic mass is 10.2. The molecule has 0 heterocycles. The van der Waals surface area contributed by atoms with Crippen molar-refractivity contribution < 1.29 is 34.8 Å². The van der Waals surface area contributed by atoms with Gasteiger partial charge in [-0.1, -0.05) is 24.3 Å². The van der Waals surface area contributed by atoms with Crippen molar-refractivity contribution in [2.24, 2.45) is 0 Å². The molecule has 0 radical (unpaired) electrons. The minimum atomic E-state index is -4.63. The Morgan fingerprint density at radius 1 is 0.861 bits per heavy atom. The third kappa shape index (κ3) is 6.55. The first-order valence-electron chi connectivity index (χ1n) is 10.3. The lowest BCUT2D eigenvalue weighted by Crippen LogP contribution is -2.45. The third-order valence-corrected chi connectivity index (χ3v) is 7.61. The number of sulfonamides is 2. The van der Waals surface area contributed by atoms with Crippen LogP contribution in [0.15, 0.2) is 83.8 Å².